The number of carboxylic acid groups (broad SMARTS) is 1. The molecule has 1 heterocycles. The van der Waals surface area contributed by atoms with Crippen LogP contribution in [-0.4, -0.2) is 105 Å². The smallest absolute Gasteiger partial charge is 0.159 e. The SMILES string of the molecule is C=CC1CC(C=C)C(COC2CCO2)C1.C=CC1CC(C=C)C(COCC(O)C[N+](CC)(CC)CC)C1.CC(=O)[O-].CCN(CC)CC. The van der Waals surface area contributed by atoms with Gasteiger partial charge in [-0.15, -0.1) is 26.3 Å². The Hall–Kier alpha value is -1.81. The van der Waals surface area contributed by atoms with Crippen LogP contribution in [-0.2, 0) is 19.0 Å². The molecule has 0 spiro atoms. The van der Waals surface area contributed by atoms with Crippen molar-refractivity contribution in [3.8, 4) is 0 Å². The van der Waals surface area contributed by atoms with E-state index in [2.05, 4.69) is 97.1 Å². The molecule has 280 valence electrons. The number of ether oxygens (including phenoxy) is 3. The van der Waals surface area contributed by atoms with Crippen LogP contribution in [0.15, 0.2) is 50.6 Å². The first-order chi connectivity index (χ1) is 22.9. The molecule has 8 atom stereocenters. The lowest BCUT2D eigenvalue weighted by Crippen LogP contribution is -2.52. The van der Waals surface area contributed by atoms with E-state index in [0.29, 0.717) is 42.1 Å². The number of aliphatic carboxylic acids is 1. The number of likely N-dealkylation sites (N-methyl/N-ethyl adjacent to an activating group) is 1. The first kappa shape index (κ1) is 46.2. The summed E-state index contributed by atoms with van der Waals surface area (Å²) < 4.78 is 17.7. The average molecular weight is 679 g/mol. The van der Waals surface area contributed by atoms with Crippen molar-refractivity contribution in [3.05, 3.63) is 50.6 Å². The number of aliphatic hydroxyl groups excluding tert-OH is 1. The monoisotopic (exact) mass is 679 g/mol. The molecule has 0 bridgehead atoms. The van der Waals surface area contributed by atoms with E-state index >= 15 is 0 Å². The van der Waals surface area contributed by atoms with Crippen LogP contribution in [0.4, 0.5) is 0 Å². The molecular weight excluding hydrogens is 604 g/mol. The first-order valence-electron chi connectivity index (χ1n) is 18.7. The number of allylic oxidation sites excluding steroid dienone is 4. The van der Waals surface area contributed by atoms with Crippen LogP contribution in [0.25, 0.3) is 0 Å². The molecule has 3 aliphatic rings. The summed E-state index contributed by atoms with van der Waals surface area (Å²) in [7, 11) is 0. The predicted octanol–water partition coefficient (Wildman–Crippen LogP) is 6.12. The third kappa shape index (κ3) is 18.3. The second-order valence-corrected chi connectivity index (χ2v) is 13.5. The zero-order valence-electron chi connectivity index (χ0n) is 32.0. The van der Waals surface area contributed by atoms with Crippen molar-refractivity contribution in [1.29, 1.82) is 0 Å². The van der Waals surface area contributed by atoms with Gasteiger partial charge in [0, 0.05) is 12.4 Å². The normalized spacial score (nSPS) is 26.7. The molecule has 0 amide bonds. The van der Waals surface area contributed by atoms with E-state index in [1.807, 2.05) is 0 Å². The molecule has 3 rings (SSSR count). The van der Waals surface area contributed by atoms with Crippen LogP contribution in [0.3, 0.4) is 0 Å². The number of hydrogen-bond donors (Lipinski definition) is 1. The fraction of sp³-hybridized carbons (Fsp3) is 0.775. The zero-order valence-corrected chi connectivity index (χ0v) is 32.0. The molecule has 3 fully saturated rings. The topological polar surface area (TPSA) is 91.3 Å². The van der Waals surface area contributed by atoms with E-state index < -0.39 is 5.97 Å². The molecule has 8 nitrogen and oxygen atoms in total. The molecule has 0 radical (unpaired) electrons. The van der Waals surface area contributed by atoms with E-state index in [4.69, 9.17) is 24.1 Å². The molecule has 2 saturated carbocycles. The highest BCUT2D eigenvalue weighted by Gasteiger charge is 2.33. The maximum absolute atomic E-state index is 10.3. The van der Waals surface area contributed by atoms with Gasteiger partial charge in [-0.05, 0) is 109 Å². The highest BCUT2D eigenvalue weighted by Crippen LogP contribution is 2.39. The minimum atomic E-state index is -1.08. The number of rotatable bonds is 19. The van der Waals surface area contributed by atoms with Gasteiger partial charge >= 0.3 is 0 Å². The summed E-state index contributed by atoms with van der Waals surface area (Å²) in [6.07, 6.45) is 13.6. The molecular formula is C40H74N2O6. The summed E-state index contributed by atoms with van der Waals surface area (Å²) in [5, 5.41) is 19.2. The molecule has 1 N–H and O–H groups in total. The van der Waals surface area contributed by atoms with Crippen molar-refractivity contribution in [2.24, 2.45) is 35.5 Å². The van der Waals surface area contributed by atoms with Gasteiger partial charge in [-0.1, -0.05) is 45.1 Å². The number of carboxylic acids is 1. The van der Waals surface area contributed by atoms with E-state index in [1.54, 1.807) is 0 Å². The van der Waals surface area contributed by atoms with E-state index in [0.717, 1.165) is 76.7 Å². The number of nitrogens with zero attached hydrogens (tertiary/aromatic N) is 2. The van der Waals surface area contributed by atoms with E-state index in [9.17, 15) is 5.11 Å². The van der Waals surface area contributed by atoms with Crippen LogP contribution in [0.2, 0.25) is 0 Å². The van der Waals surface area contributed by atoms with Gasteiger partial charge in [-0.2, -0.15) is 0 Å². The van der Waals surface area contributed by atoms with Crippen LogP contribution >= 0.6 is 0 Å². The number of quaternary nitrogens is 1. The van der Waals surface area contributed by atoms with Crippen molar-refractivity contribution in [2.75, 3.05) is 72.2 Å². The second kappa shape index (κ2) is 27.0. The zero-order chi connectivity index (χ0) is 36.5. The van der Waals surface area contributed by atoms with Crippen molar-refractivity contribution < 1.29 is 33.7 Å². The van der Waals surface area contributed by atoms with Crippen molar-refractivity contribution >= 4 is 5.97 Å². The summed E-state index contributed by atoms with van der Waals surface area (Å²) in [6, 6.07) is 0. The van der Waals surface area contributed by atoms with Crippen LogP contribution in [0.1, 0.15) is 80.6 Å². The Kier molecular flexibility index (Phi) is 26.0. The van der Waals surface area contributed by atoms with Gasteiger partial charge in [0.2, 0.25) is 0 Å². The molecule has 1 aliphatic heterocycles. The number of carbonyl (C=O) groups excluding carboxylic acids is 1. The Morgan fingerprint density at radius 2 is 1.29 bits per heavy atom. The first-order valence-corrected chi connectivity index (χ1v) is 18.7. The predicted molar refractivity (Wildman–Crippen MR) is 198 cm³/mol. The van der Waals surface area contributed by atoms with Crippen LogP contribution < -0.4 is 5.11 Å². The molecule has 2 aliphatic carbocycles. The van der Waals surface area contributed by atoms with E-state index in [-0.39, 0.29) is 12.4 Å². The fourth-order valence-electron chi connectivity index (χ4n) is 6.91. The van der Waals surface area contributed by atoms with Crippen molar-refractivity contribution in [3.63, 3.8) is 0 Å². The molecule has 48 heavy (non-hydrogen) atoms. The van der Waals surface area contributed by atoms with Gasteiger partial charge in [0.1, 0.15) is 12.6 Å². The Labute approximate surface area is 295 Å². The van der Waals surface area contributed by atoms with Gasteiger partial charge in [0.15, 0.2) is 6.29 Å². The molecule has 1 saturated heterocycles. The minimum absolute atomic E-state index is 0.0678. The summed E-state index contributed by atoms with van der Waals surface area (Å²) in [4.78, 5) is 11.3. The Balaban J connectivity index is 0.000000726. The molecule has 0 aromatic heterocycles. The van der Waals surface area contributed by atoms with Gasteiger partial charge in [0.25, 0.3) is 0 Å². The average Bonchev–Trinajstić information content (AvgIpc) is 3.67. The Morgan fingerprint density at radius 3 is 1.60 bits per heavy atom. The third-order valence-corrected chi connectivity index (χ3v) is 10.6. The number of carbonyl (C=O) groups is 1. The van der Waals surface area contributed by atoms with Gasteiger partial charge in [0.05, 0.1) is 46.1 Å². The molecule has 0 aromatic carbocycles. The quantitative estimate of drug-likeness (QED) is 0.130. The van der Waals surface area contributed by atoms with Crippen molar-refractivity contribution in [2.45, 2.75) is 93.0 Å². The lowest BCUT2D eigenvalue weighted by Gasteiger charge is -2.37. The summed E-state index contributed by atoms with van der Waals surface area (Å²) >= 11 is 0. The minimum Gasteiger partial charge on any atom is -0.550 e. The molecule has 8 heteroatoms. The molecule has 8 unspecified atom stereocenters. The number of aliphatic hydroxyl groups is 1. The summed E-state index contributed by atoms with van der Waals surface area (Å²) in [5.41, 5.74) is 0. The lowest BCUT2D eigenvalue weighted by atomic mass is 9.97. The Morgan fingerprint density at radius 1 is 0.854 bits per heavy atom. The standard InChI is InChI=1S/C19H36NO2.C13H20O2.C6H15N.C2H4O2/c1-6-16-11-17(7-2)18(12-16)14-22-15-19(21)13-20(8-3,9-4)10-5;1-3-10-7-11(4-2)12(8-10)9-15-13-5-6-14-13;1-4-7(5-2)6-3;1-2(3)4/h6-7,16-19,21H,1-2,8-15H2,3-5H3;3-4,10-13H,1-2,5-9H2;4-6H2,1-3H3;1H3,(H,3,4)/q+1;;;/p-1. The summed E-state index contributed by atoms with van der Waals surface area (Å²) in [5.74, 6) is 2.39. The largest absolute Gasteiger partial charge is 0.550 e. The number of hydrogen-bond acceptors (Lipinski definition) is 7. The second-order valence-electron chi connectivity index (χ2n) is 13.5. The van der Waals surface area contributed by atoms with Gasteiger partial charge in [-0.25, -0.2) is 0 Å². The highest BCUT2D eigenvalue weighted by atomic mass is 16.7. The lowest BCUT2D eigenvalue weighted by molar-refractivity contribution is -0.926. The fourth-order valence-corrected chi connectivity index (χ4v) is 6.91. The highest BCUT2D eigenvalue weighted by molar-refractivity contribution is 5.60. The third-order valence-electron chi connectivity index (χ3n) is 10.6. The van der Waals surface area contributed by atoms with Gasteiger partial charge in [-0.3, -0.25) is 0 Å². The Bertz CT molecular complexity index is 852. The molecule has 0 aromatic rings. The van der Waals surface area contributed by atoms with E-state index in [1.165, 1.54) is 32.5 Å². The maximum atomic E-state index is 10.3. The summed E-state index contributed by atoms with van der Waals surface area (Å²) in [6.45, 7) is 40.1. The van der Waals surface area contributed by atoms with Crippen LogP contribution in [0, 0.1) is 35.5 Å². The maximum Gasteiger partial charge on any atom is 0.159 e. The van der Waals surface area contributed by atoms with Gasteiger partial charge < -0.3 is 38.6 Å². The van der Waals surface area contributed by atoms with Crippen LogP contribution in [0.5, 0.6) is 0 Å². The van der Waals surface area contributed by atoms with Crippen molar-refractivity contribution in [1.82, 2.24) is 4.90 Å².